The predicted molar refractivity (Wildman–Crippen MR) is 75.6 cm³/mol. The van der Waals surface area contributed by atoms with Crippen LogP contribution in [-0.4, -0.2) is 44.3 Å². The van der Waals surface area contributed by atoms with E-state index < -0.39 is 0 Å². The molecule has 0 aliphatic carbocycles. The van der Waals surface area contributed by atoms with Crippen LogP contribution < -0.4 is 0 Å². The normalized spacial score (nSPS) is 22.1. The molecule has 0 radical (unpaired) electrons. The van der Waals surface area contributed by atoms with Gasteiger partial charge in [0.2, 0.25) is 0 Å². The Balaban J connectivity index is 1.76. The molecule has 2 aromatic heterocycles. The molecule has 1 aliphatic heterocycles. The molecule has 3 heterocycles. The van der Waals surface area contributed by atoms with Gasteiger partial charge in [-0.25, -0.2) is 4.68 Å². The van der Waals surface area contributed by atoms with Crippen LogP contribution in [0.1, 0.15) is 19.5 Å². The Morgan fingerprint density at radius 2 is 2.30 bits per heavy atom. The largest absolute Gasteiger partial charge is 0.371 e. The summed E-state index contributed by atoms with van der Waals surface area (Å²) in [5, 5.41) is 10.4. The lowest BCUT2D eigenvalue weighted by atomic mass is 10.0. The van der Waals surface area contributed by atoms with E-state index >= 15 is 0 Å². The summed E-state index contributed by atoms with van der Waals surface area (Å²) in [4.78, 5) is 0. The van der Waals surface area contributed by atoms with Crippen LogP contribution in [0.3, 0.4) is 0 Å². The quantitative estimate of drug-likeness (QED) is 0.865. The maximum atomic E-state index is 5.80. The summed E-state index contributed by atoms with van der Waals surface area (Å²) in [7, 11) is 0. The van der Waals surface area contributed by atoms with E-state index in [1.54, 1.807) is 0 Å². The third kappa shape index (κ3) is 2.61. The van der Waals surface area contributed by atoms with Crippen molar-refractivity contribution in [2.45, 2.75) is 39.0 Å². The second-order valence-corrected chi connectivity index (χ2v) is 6.08. The Labute approximate surface area is 121 Å². The van der Waals surface area contributed by atoms with Gasteiger partial charge in [-0.3, -0.25) is 0 Å². The highest BCUT2D eigenvalue weighted by Gasteiger charge is 2.35. The predicted octanol–water partition coefficient (Wildman–Crippen LogP) is 1.90. The third-order valence-corrected chi connectivity index (χ3v) is 4.29. The summed E-state index contributed by atoms with van der Waals surface area (Å²) in [5.41, 5.74) is 2.58. The lowest BCUT2D eigenvalue weighted by molar-refractivity contribution is -0.191. The van der Waals surface area contributed by atoms with Crippen LogP contribution in [0.2, 0.25) is 0 Å². The first-order valence-electron chi connectivity index (χ1n) is 6.63. The zero-order valence-electron chi connectivity index (χ0n) is 11.9. The van der Waals surface area contributed by atoms with Crippen molar-refractivity contribution in [1.82, 2.24) is 19.4 Å². The third-order valence-electron chi connectivity index (χ3n) is 3.57. The first-order valence-corrected chi connectivity index (χ1v) is 7.47. The van der Waals surface area contributed by atoms with E-state index in [1.165, 1.54) is 11.5 Å². The van der Waals surface area contributed by atoms with Crippen molar-refractivity contribution in [3.8, 4) is 11.3 Å². The van der Waals surface area contributed by atoms with Crippen molar-refractivity contribution in [1.29, 1.82) is 0 Å². The smallest absolute Gasteiger partial charge is 0.115 e. The zero-order chi connectivity index (χ0) is 14.2. The Morgan fingerprint density at radius 3 is 3.00 bits per heavy atom. The summed E-state index contributed by atoms with van der Waals surface area (Å²) in [6.45, 7) is 7.97. The van der Waals surface area contributed by atoms with Gasteiger partial charge in [-0.2, -0.15) is 4.37 Å². The Kier molecular flexibility index (Phi) is 3.57. The summed E-state index contributed by atoms with van der Waals surface area (Å²) in [6.07, 6.45) is 1.91. The van der Waals surface area contributed by atoms with Crippen LogP contribution >= 0.6 is 11.5 Å². The lowest BCUT2D eigenvalue weighted by Gasteiger charge is -2.38. The SMILES string of the molecule is Cc1nscc1-c1cn(CC2OCCOC2(C)C)nn1. The number of nitrogens with zero attached hydrogens (tertiary/aromatic N) is 4. The molecule has 20 heavy (non-hydrogen) atoms. The topological polar surface area (TPSA) is 62.1 Å². The van der Waals surface area contributed by atoms with E-state index in [-0.39, 0.29) is 11.7 Å². The van der Waals surface area contributed by atoms with E-state index in [2.05, 4.69) is 14.7 Å². The van der Waals surface area contributed by atoms with Crippen molar-refractivity contribution in [3.05, 3.63) is 17.3 Å². The van der Waals surface area contributed by atoms with Gasteiger partial charge >= 0.3 is 0 Å². The molecular weight excluding hydrogens is 276 g/mol. The van der Waals surface area contributed by atoms with Crippen molar-refractivity contribution < 1.29 is 9.47 Å². The first kappa shape index (κ1) is 13.7. The molecular formula is C13H18N4O2S. The Hall–Kier alpha value is -1.31. The molecule has 1 saturated heterocycles. The zero-order valence-corrected chi connectivity index (χ0v) is 12.7. The molecule has 0 saturated carbocycles. The average Bonchev–Trinajstić information content (AvgIpc) is 3.00. The van der Waals surface area contributed by atoms with Crippen LogP contribution in [0, 0.1) is 6.92 Å². The van der Waals surface area contributed by atoms with Crippen LogP contribution in [0.5, 0.6) is 0 Å². The van der Waals surface area contributed by atoms with Gasteiger partial charge in [-0.15, -0.1) is 5.10 Å². The average molecular weight is 294 g/mol. The number of hydrogen-bond donors (Lipinski definition) is 0. The molecule has 1 atom stereocenters. The fourth-order valence-corrected chi connectivity index (χ4v) is 2.99. The summed E-state index contributed by atoms with van der Waals surface area (Å²) in [6, 6.07) is 0. The van der Waals surface area contributed by atoms with Crippen LogP contribution in [0.25, 0.3) is 11.3 Å². The highest BCUT2D eigenvalue weighted by atomic mass is 32.1. The fourth-order valence-electron chi connectivity index (χ4n) is 2.28. The lowest BCUT2D eigenvalue weighted by Crippen LogP contribution is -2.48. The molecule has 7 heteroatoms. The van der Waals surface area contributed by atoms with Crippen LogP contribution in [0.4, 0.5) is 0 Å². The maximum absolute atomic E-state index is 5.80. The molecule has 6 nitrogen and oxygen atoms in total. The van der Waals surface area contributed by atoms with E-state index in [0.29, 0.717) is 19.8 Å². The summed E-state index contributed by atoms with van der Waals surface area (Å²) < 4.78 is 17.6. The second-order valence-electron chi connectivity index (χ2n) is 5.45. The van der Waals surface area contributed by atoms with Gasteiger partial charge in [0.15, 0.2) is 0 Å². The van der Waals surface area contributed by atoms with Crippen molar-refractivity contribution >= 4 is 11.5 Å². The number of hydrogen-bond acceptors (Lipinski definition) is 6. The minimum absolute atomic E-state index is 0.0208. The maximum Gasteiger partial charge on any atom is 0.115 e. The highest BCUT2D eigenvalue weighted by Crippen LogP contribution is 2.25. The number of aromatic nitrogens is 4. The standard InChI is InChI=1S/C13H18N4O2S/c1-9-10(8-20-15-9)11-6-17(16-14-11)7-12-13(2,3)19-5-4-18-12/h6,8,12H,4-5,7H2,1-3H3. The van der Waals surface area contributed by atoms with Crippen LogP contribution in [-0.2, 0) is 16.0 Å². The number of ether oxygens (including phenoxy) is 2. The van der Waals surface area contributed by atoms with Crippen molar-refractivity contribution in [2.75, 3.05) is 13.2 Å². The number of rotatable bonds is 3. The Bertz CT molecular complexity index is 593. The van der Waals surface area contributed by atoms with Gasteiger partial charge < -0.3 is 9.47 Å². The molecule has 108 valence electrons. The minimum Gasteiger partial charge on any atom is -0.371 e. The Morgan fingerprint density at radius 1 is 1.45 bits per heavy atom. The van der Waals surface area contributed by atoms with Gasteiger partial charge in [-0.05, 0) is 32.3 Å². The van der Waals surface area contributed by atoms with E-state index in [1.807, 2.05) is 37.0 Å². The molecule has 1 unspecified atom stereocenters. The summed E-state index contributed by atoms with van der Waals surface area (Å²) in [5.74, 6) is 0. The first-order chi connectivity index (χ1) is 9.56. The summed E-state index contributed by atoms with van der Waals surface area (Å²) >= 11 is 1.43. The molecule has 0 aromatic carbocycles. The minimum atomic E-state index is -0.301. The van der Waals surface area contributed by atoms with Gasteiger partial charge in [0.25, 0.3) is 0 Å². The highest BCUT2D eigenvalue weighted by molar-refractivity contribution is 7.04. The van der Waals surface area contributed by atoms with Gasteiger partial charge in [0, 0.05) is 10.9 Å². The van der Waals surface area contributed by atoms with E-state index in [4.69, 9.17) is 9.47 Å². The fraction of sp³-hybridized carbons (Fsp3) is 0.615. The molecule has 2 aromatic rings. The molecule has 3 rings (SSSR count). The molecule has 0 amide bonds. The van der Waals surface area contributed by atoms with Gasteiger partial charge in [-0.1, -0.05) is 5.21 Å². The van der Waals surface area contributed by atoms with Crippen molar-refractivity contribution in [3.63, 3.8) is 0 Å². The monoisotopic (exact) mass is 294 g/mol. The molecule has 0 N–H and O–H groups in total. The van der Waals surface area contributed by atoms with E-state index in [0.717, 1.165) is 17.0 Å². The molecule has 1 aliphatic rings. The van der Waals surface area contributed by atoms with E-state index in [9.17, 15) is 0 Å². The van der Waals surface area contributed by atoms with Gasteiger partial charge in [0.05, 0.1) is 37.3 Å². The van der Waals surface area contributed by atoms with Crippen molar-refractivity contribution in [2.24, 2.45) is 0 Å². The molecule has 0 bridgehead atoms. The number of aryl methyl sites for hydroxylation is 1. The molecule has 0 spiro atoms. The van der Waals surface area contributed by atoms with Gasteiger partial charge in [0.1, 0.15) is 11.8 Å². The van der Waals surface area contributed by atoms with Crippen LogP contribution in [0.15, 0.2) is 11.6 Å². The second kappa shape index (κ2) is 5.23. The molecule has 1 fully saturated rings.